The number of esters is 2. The first-order chi connectivity index (χ1) is 31.2. The minimum atomic E-state index is -4.62. The van der Waals surface area contributed by atoms with Crippen molar-refractivity contribution in [2.24, 2.45) is 0 Å². The lowest BCUT2D eigenvalue weighted by molar-refractivity contribution is -0.161. The molecular formula is C53H103O10P. The first-order valence-electron chi connectivity index (χ1n) is 27.1. The van der Waals surface area contributed by atoms with Crippen LogP contribution in [0, 0.1) is 0 Å². The first kappa shape index (κ1) is 62.7. The second kappa shape index (κ2) is 49.6. The van der Waals surface area contributed by atoms with Crippen molar-refractivity contribution in [1.29, 1.82) is 0 Å². The topological polar surface area (TPSA) is 149 Å². The number of carbonyl (C=O) groups excluding carboxylic acids is 2. The smallest absolute Gasteiger partial charge is 0.462 e. The van der Waals surface area contributed by atoms with Gasteiger partial charge >= 0.3 is 19.8 Å². The van der Waals surface area contributed by atoms with Crippen LogP contribution in [0.15, 0.2) is 12.2 Å². The van der Waals surface area contributed by atoms with E-state index in [0.29, 0.717) is 12.8 Å². The lowest BCUT2D eigenvalue weighted by Gasteiger charge is -2.20. The number of unbranched alkanes of at least 4 members (excludes halogenated alkanes) is 36. The van der Waals surface area contributed by atoms with E-state index in [9.17, 15) is 24.2 Å². The number of phosphoric acid groups is 1. The summed E-state index contributed by atoms with van der Waals surface area (Å²) in [5, 5.41) is 18.4. The molecule has 0 heterocycles. The Morgan fingerprint density at radius 1 is 0.453 bits per heavy atom. The van der Waals surface area contributed by atoms with Gasteiger partial charge in [0.15, 0.2) is 6.10 Å². The van der Waals surface area contributed by atoms with E-state index < -0.39 is 51.8 Å². The lowest BCUT2D eigenvalue weighted by Crippen LogP contribution is -2.29. The van der Waals surface area contributed by atoms with Crippen LogP contribution in [0.2, 0.25) is 0 Å². The third-order valence-corrected chi connectivity index (χ3v) is 13.1. The molecule has 0 aliphatic heterocycles. The molecule has 0 aromatic carbocycles. The molecule has 11 heteroatoms. The van der Waals surface area contributed by atoms with E-state index in [1.165, 1.54) is 205 Å². The van der Waals surface area contributed by atoms with Crippen LogP contribution in [0.25, 0.3) is 0 Å². The van der Waals surface area contributed by atoms with Gasteiger partial charge in [0.25, 0.3) is 0 Å². The van der Waals surface area contributed by atoms with Crippen LogP contribution in [0.3, 0.4) is 0 Å². The minimum Gasteiger partial charge on any atom is -0.462 e. The van der Waals surface area contributed by atoms with Gasteiger partial charge in [0.05, 0.1) is 19.8 Å². The van der Waals surface area contributed by atoms with Crippen molar-refractivity contribution in [2.75, 3.05) is 26.4 Å². The number of ether oxygens (including phenoxy) is 2. The van der Waals surface area contributed by atoms with Crippen LogP contribution in [0.5, 0.6) is 0 Å². The van der Waals surface area contributed by atoms with E-state index in [2.05, 4.69) is 26.0 Å². The number of allylic oxidation sites excluding steroid dienone is 2. The maximum Gasteiger partial charge on any atom is 0.472 e. The molecule has 0 aliphatic carbocycles. The van der Waals surface area contributed by atoms with Crippen LogP contribution < -0.4 is 0 Å². The Bertz CT molecular complexity index is 1070. The normalized spacial score (nSPS) is 13.6. The van der Waals surface area contributed by atoms with E-state index in [0.717, 1.165) is 32.1 Å². The maximum absolute atomic E-state index is 12.7. The van der Waals surface area contributed by atoms with Crippen LogP contribution in [-0.2, 0) is 32.7 Å². The SMILES string of the molecule is CCCCCCCC/C=C/CCCCCCCCCCCC(=O)O[C@H](COC(=O)CCCCCCCCCCCCCCCCCCCCCCCC)COP(=O)(O)OC[C@@H](O)CO. The second-order valence-corrected chi connectivity index (χ2v) is 20.1. The van der Waals surface area contributed by atoms with Gasteiger partial charge < -0.3 is 24.6 Å². The zero-order valence-corrected chi connectivity index (χ0v) is 42.7. The molecule has 0 saturated heterocycles. The molecule has 0 fully saturated rings. The van der Waals surface area contributed by atoms with Crippen LogP contribution in [0.1, 0.15) is 277 Å². The summed E-state index contributed by atoms with van der Waals surface area (Å²) in [6.45, 7) is 2.44. The Labute approximate surface area is 394 Å². The number of hydrogen-bond donors (Lipinski definition) is 3. The average Bonchev–Trinajstić information content (AvgIpc) is 3.28. The maximum atomic E-state index is 12.7. The number of aliphatic hydroxyl groups is 2. The molecule has 1 unspecified atom stereocenters. The highest BCUT2D eigenvalue weighted by Gasteiger charge is 2.27. The summed E-state index contributed by atoms with van der Waals surface area (Å²) in [5.41, 5.74) is 0. The second-order valence-electron chi connectivity index (χ2n) is 18.6. The Morgan fingerprint density at radius 3 is 1.12 bits per heavy atom. The number of aliphatic hydroxyl groups excluding tert-OH is 2. The zero-order chi connectivity index (χ0) is 46.9. The quantitative estimate of drug-likeness (QED) is 0.0233. The van der Waals surface area contributed by atoms with Crippen LogP contribution >= 0.6 is 7.82 Å². The van der Waals surface area contributed by atoms with Gasteiger partial charge in [-0.25, -0.2) is 4.57 Å². The number of carbonyl (C=O) groups is 2. The molecule has 0 amide bonds. The van der Waals surface area contributed by atoms with Crippen molar-refractivity contribution < 1.29 is 47.8 Å². The summed E-state index contributed by atoms with van der Waals surface area (Å²) in [6.07, 6.45) is 51.8. The molecular weight excluding hydrogens is 828 g/mol. The van der Waals surface area contributed by atoms with Crippen molar-refractivity contribution >= 4 is 19.8 Å². The monoisotopic (exact) mass is 931 g/mol. The fourth-order valence-electron chi connectivity index (χ4n) is 7.99. The van der Waals surface area contributed by atoms with Gasteiger partial charge in [-0.3, -0.25) is 18.6 Å². The average molecular weight is 931 g/mol. The van der Waals surface area contributed by atoms with Gasteiger partial charge in [0.2, 0.25) is 0 Å². The molecule has 0 aromatic heterocycles. The predicted molar refractivity (Wildman–Crippen MR) is 265 cm³/mol. The van der Waals surface area contributed by atoms with E-state index >= 15 is 0 Å². The summed E-state index contributed by atoms with van der Waals surface area (Å²) >= 11 is 0. The molecule has 0 bridgehead atoms. The van der Waals surface area contributed by atoms with Gasteiger partial charge in [0, 0.05) is 12.8 Å². The third kappa shape index (κ3) is 48.6. The highest BCUT2D eigenvalue weighted by atomic mass is 31.2. The summed E-state index contributed by atoms with van der Waals surface area (Å²) in [6, 6.07) is 0. The van der Waals surface area contributed by atoms with E-state index in [-0.39, 0.29) is 19.4 Å². The Kier molecular flexibility index (Phi) is 48.6. The highest BCUT2D eigenvalue weighted by Crippen LogP contribution is 2.43. The Morgan fingerprint density at radius 2 is 0.766 bits per heavy atom. The molecule has 0 radical (unpaired) electrons. The van der Waals surface area contributed by atoms with E-state index in [1.54, 1.807) is 0 Å². The van der Waals surface area contributed by atoms with Crippen molar-refractivity contribution in [2.45, 2.75) is 289 Å². The molecule has 64 heavy (non-hydrogen) atoms. The number of phosphoric ester groups is 1. The minimum absolute atomic E-state index is 0.187. The van der Waals surface area contributed by atoms with Crippen LogP contribution in [-0.4, -0.2) is 65.7 Å². The van der Waals surface area contributed by atoms with Gasteiger partial charge in [-0.2, -0.15) is 0 Å². The van der Waals surface area contributed by atoms with Gasteiger partial charge in [-0.15, -0.1) is 0 Å². The van der Waals surface area contributed by atoms with Gasteiger partial charge in [0.1, 0.15) is 12.7 Å². The summed E-state index contributed by atoms with van der Waals surface area (Å²) < 4.78 is 32.9. The molecule has 0 aromatic rings. The first-order valence-corrected chi connectivity index (χ1v) is 28.6. The summed E-state index contributed by atoms with van der Waals surface area (Å²) in [7, 11) is -4.62. The zero-order valence-electron chi connectivity index (χ0n) is 41.8. The number of rotatable bonds is 52. The van der Waals surface area contributed by atoms with Crippen molar-refractivity contribution in [1.82, 2.24) is 0 Å². The van der Waals surface area contributed by atoms with E-state index in [4.69, 9.17) is 23.6 Å². The molecule has 3 atom stereocenters. The van der Waals surface area contributed by atoms with Crippen molar-refractivity contribution in [3.05, 3.63) is 12.2 Å². The van der Waals surface area contributed by atoms with Crippen LogP contribution in [0.4, 0.5) is 0 Å². The fraction of sp³-hybridized carbons (Fsp3) is 0.925. The predicted octanol–water partition coefficient (Wildman–Crippen LogP) is 15.5. The Balaban J connectivity index is 4.10. The van der Waals surface area contributed by atoms with E-state index in [1.807, 2.05) is 0 Å². The van der Waals surface area contributed by atoms with Crippen molar-refractivity contribution in [3.63, 3.8) is 0 Å². The highest BCUT2D eigenvalue weighted by molar-refractivity contribution is 7.47. The van der Waals surface area contributed by atoms with Gasteiger partial charge in [-0.05, 0) is 38.5 Å². The largest absolute Gasteiger partial charge is 0.472 e. The summed E-state index contributed by atoms with van der Waals surface area (Å²) in [5.74, 6) is -0.908. The third-order valence-electron chi connectivity index (χ3n) is 12.2. The molecule has 3 N–H and O–H groups in total. The molecule has 0 saturated carbocycles. The molecule has 0 spiro atoms. The standard InChI is InChI=1S/C53H103O10P/c1-3-5-7-9-11-13-15-17-19-21-23-24-25-27-28-30-32-34-36-38-40-42-44-52(56)60-48-51(49-62-64(58,59)61-47-50(55)46-54)63-53(57)45-43-41-39-37-35-33-31-29-26-22-20-18-16-14-12-10-8-6-4-2/h18,20,50-51,54-55H,3-17,19,21-49H2,1-2H3,(H,58,59)/b20-18+/t50-,51+/m0/s1. The Hall–Kier alpha value is -1.29. The molecule has 0 rings (SSSR count). The lowest BCUT2D eigenvalue weighted by atomic mass is 10.0. The molecule has 10 nitrogen and oxygen atoms in total. The summed E-state index contributed by atoms with van der Waals surface area (Å²) in [4.78, 5) is 35.2. The fourth-order valence-corrected chi connectivity index (χ4v) is 8.78. The van der Waals surface area contributed by atoms with Gasteiger partial charge in [-0.1, -0.05) is 238 Å². The van der Waals surface area contributed by atoms with Crippen molar-refractivity contribution in [3.8, 4) is 0 Å². The molecule has 0 aliphatic rings. The molecule has 380 valence electrons. The number of hydrogen-bond acceptors (Lipinski definition) is 9.